The summed E-state index contributed by atoms with van der Waals surface area (Å²) in [7, 11) is -3.89. The molecule has 2 aromatic carbocycles. The Morgan fingerprint density at radius 2 is 2.02 bits per heavy atom. The molecule has 3 aliphatic rings. The molecule has 1 aliphatic heterocycles. The summed E-state index contributed by atoms with van der Waals surface area (Å²) >= 11 is 6.38. The van der Waals surface area contributed by atoms with Crippen LogP contribution in [0, 0.1) is 11.8 Å². The van der Waals surface area contributed by atoms with E-state index in [4.69, 9.17) is 16.3 Å². The summed E-state index contributed by atoms with van der Waals surface area (Å²) in [5.74, 6) is 0.165. The lowest BCUT2D eigenvalue weighted by Gasteiger charge is -2.46. The average molecular weight is 656 g/mol. The van der Waals surface area contributed by atoms with Gasteiger partial charge in [0.25, 0.3) is 5.91 Å². The molecule has 1 spiro atoms. The van der Waals surface area contributed by atoms with Gasteiger partial charge in [0.15, 0.2) is 0 Å². The molecule has 1 saturated carbocycles. The maximum atomic E-state index is 13.3. The third-order valence-electron chi connectivity index (χ3n) is 9.78. The fourth-order valence-corrected chi connectivity index (χ4v) is 8.33. The van der Waals surface area contributed by atoms with Gasteiger partial charge >= 0.3 is 6.09 Å². The van der Waals surface area contributed by atoms with E-state index in [1.165, 1.54) is 11.1 Å². The molecule has 3 N–H and O–H groups in total. The zero-order valence-corrected chi connectivity index (χ0v) is 27.2. The molecule has 2 aromatic rings. The summed E-state index contributed by atoms with van der Waals surface area (Å²) in [5.41, 5.74) is 3.01. The van der Waals surface area contributed by atoms with Crippen molar-refractivity contribution < 1.29 is 27.9 Å². The molecule has 9 nitrogen and oxygen atoms in total. The molecule has 0 bridgehead atoms. The lowest BCUT2D eigenvalue weighted by molar-refractivity contribution is 0.0981. The molecule has 1 heterocycles. The third-order valence-corrected chi connectivity index (χ3v) is 11.8. The second-order valence-electron chi connectivity index (χ2n) is 12.7. The summed E-state index contributed by atoms with van der Waals surface area (Å²) in [6.45, 7) is 10.8. The minimum absolute atomic E-state index is 0.0771. The molecule has 242 valence electrons. The molecule has 5 rings (SSSR count). The van der Waals surface area contributed by atoms with Gasteiger partial charge in [0.05, 0.1) is 23.6 Å². The quantitative estimate of drug-likeness (QED) is 0.251. The van der Waals surface area contributed by atoms with Gasteiger partial charge in [-0.1, -0.05) is 29.8 Å². The number of ether oxygens (including phenoxy) is 1. The maximum Gasteiger partial charge on any atom is 0.405 e. The van der Waals surface area contributed by atoms with Gasteiger partial charge < -0.3 is 20.1 Å². The number of anilines is 1. The van der Waals surface area contributed by atoms with Crippen LogP contribution in [-0.2, 0) is 21.9 Å². The van der Waals surface area contributed by atoms with Crippen molar-refractivity contribution in [1.82, 2.24) is 10.0 Å². The Morgan fingerprint density at radius 3 is 2.71 bits per heavy atom. The minimum Gasteiger partial charge on any atom is -0.490 e. The highest BCUT2D eigenvalue weighted by atomic mass is 35.5. The summed E-state index contributed by atoms with van der Waals surface area (Å²) in [6, 6.07) is 10.7. The van der Waals surface area contributed by atoms with Gasteiger partial charge in [-0.15, -0.1) is 13.2 Å². The zero-order valence-electron chi connectivity index (χ0n) is 25.6. The Labute approximate surface area is 270 Å². The number of aryl methyl sites for hydroxylation is 1. The van der Waals surface area contributed by atoms with E-state index in [-0.39, 0.29) is 28.9 Å². The topological polar surface area (TPSA) is 125 Å². The van der Waals surface area contributed by atoms with Crippen molar-refractivity contribution >= 4 is 39.3 Å². The molecule has 2 amide bonds. The number of benzene rings is 2. The molecule has 0 unspecified atom stereocenters. The van der Waals surface area contributed by atoms with Crippen molar-refractivity contribution in [3.8, 4) is 5.75 Å². The fourth-order valence-electron chi connectivity index (χ4n) is 7.11. The van der Waals surface area contributed by atoms with Crippen LogP contribution in [0.1, 0.15) is 66.9 Å². The second kappa shape index (κ2) is 13.5. The largest absolute Gasteiger partial charge is 0.490 e. The number of nitrogens with one attached hydrogen (secondary N) is 2. The molecule has 11 heteroatoms. The van der Waals surface area contributed by atoms with Gasteiger partial charge in [-0.2, -0.15) is 0 Å². The van der Waals surface area contributed by atoms with E-state index >= 15 is 0 Å². The smallest absolute Gasteiger partial charge is 0.405 e. The number of hydrogen-bond acceptors (Lipinski definition) is 6. The molecule has 5 atom stereocenters. The number of rotatable bonds is 11. The Bertz CT molecular complexity index is 1580. The zero-order chi connectivity index (χ0) is 32.4. The van der Waals surface area contributed by atoms with Crippen LogP contribution >= 0.6 is 11.6 Å². The van der Waals surface area contributed by atoms with E-state index in [1.807, 2.05) is 12.1 Å². The van der Waals surface area contributed by atoms with Crippen LogP contribution in [0.2, 0.25) is 5.02 Å². The summed E-state index contributed by atoms with van der Waals surface area (Å²) < 4.78 is 34.6. The number of carboxylic acid groups (broad SMARTS) is 1. The third kappa shape index (κ3) is 7.02. The first-order valence-electron chi connectivity index (χ1n) is 15.6. The van der Waals surface area contributed by atoms with E-state index in [9.17, 15) is 23.1 Å². The highest BCUT2D eigenvalue weighted by Gasteiger charge is 2.44. The Kier molecular flexibility index (Phi) is 9.84. The van der Waals surface area contributed by atoms with Crippen molar-refractivity contribution in [2.24, 2.45) is 11.8 Å². The number of sulfonamides is 1. The number of allylic oxidation sites excluding steroid dienone is 1. The highest BCUT2D eigenvalue weighted by molar-refractivity contribution is 7.90. The molecule has 45 heavy (non-hydrogen) atoms. The molecule has 1 fully saturated rings. The Balaban J connectivity index is 1.49. The fraction of sp³-hybridized carbons (Fsp3) is 0.471. The molecule has 2 aliphatic carbocycles. The predicted molar refractivity (Wildman–Crippen MR) is 177 cm³/mol. The van der Waals surface area contributed by atoms with Crippen LogP contribution in [-0.4, -0.2) is 56.5 Å². The number of carbonyl (C=O) groups excluding carboxylic acids is 1. The van der Waals surface area contributed by atoms with Crippen molar-refractivity contribution in [2.75, 3.05) is 24.6 Å². The van der Waals surface area contributed by atoms with Gasteiger partial charge in [0.2, 0.25) is 10.0 Å². The van der Waals surface area contributed by atoms with Crippen molar-refractivity contribution in [3.05, 3.63) is 83.4 Å². The lowest BCUT2D eigenvalue weighted by atomic mass is 9.68. The van der Waals surface area contributed by atoms with Crippen molar-refractivity contribution in [2.45, 2.75) is 68.6 Å². The van der Waals surface area contributed by atoms with E-state index in [0.717, 1.165) is 32.1 Å². The van der Waals surface area contributed by atoms with Gasteiger partial charge in [0, 0.05) is 29.1 Å². The summed E-state index contributed by atoms with van der Waals surface area (Å²) in [5, 5.41) is 11.9. The predicted octanol–water partition coefficient (Wildman–Crippen LogP) is 6.08. The lowest BCUT2D eigenvalue weighted by Crippen LogP contribution is -2.51. The van der Waals surface area contributed by atoms with Crippen LogP contribution < -0.4 is 19.7 Å². The number of fused-ring (bicyclic) bond motifs is 3. The van der Waals surface area contributed by atoms with E-state index < -0.39 is 27.3 Å². The van der Waals surface area contributed by atoms with Crippen LogP contribution in [0.4, 0.5) is 10.5 Å². The van der Waals surface area contributed by atoms with Gasteiger partial charge in [-0.25, -0.2) is 17.9 Å². The summed E-state index contributed by atoms with van der Waals surface area (Å²) in [4.78, 5) is 27.1. The number of hydrogen-bond donors (Lipinski definition) is 3. The van der Waals surface area contributed by atoms with E-state index in [1.54, 1.807) is 37.3 Å². The van der Waals surface area contributed by atoms with Crippen LogP contribution in [0.15, 0.2) is 61.7 Å². The van der Waals surface area contributed by atoms with Crippen molar-refractivity contribution in [3.63, 3.8) is 0 Å². The van der Waals surface area contributed by atoms with Gasteiger partial charge in [-0.3, -0.25) is 4.79 Å². The minimum atomic E-state index is -3.89. The first-order valence-corrected chi connectivity index (χ1v) is 17.5. The number of halogens is 1. The maximum absolute atomic E-state index is 13.3. The SMILES string of the molecule is C=CCC[C@@H](C)S(=O)(=O)NC(=O)c1ccc2c(c1)N(C[C@@H]1CC[C@H]1[C@H](C=C)NC(=O)O)C[C@@]1(CCCc3cc(Cl)ccc31)CO2. The molecule has 0 saturated heterocycles. The Hall–Kier alpha value is -3.50. The first-order chi connectivity index (χ1) is 21.5. The van der Waals surface area contributed by atoms with Crippen LogP contribution in [0.25, 0.3) is 0 Å². The molecular formula is C34H42ClN3O6S. The molecular weight excluding hydrogens is 614 g/mol. The Morgan fingerprint density at radius 1 is 1.22 bits per heavy atom. The summed E-state index contributed by atoms with van der Waals surface area (Å²) in [6.07, 6.45) is 7.72. The normalized spacial score (nSPS) is 23.6. The molecule has 0 radical (unpaired) electrons. The highest BCUT2D eigenvalue weighted by Crippen LogP contribution is 2.46. The van der Waals surface area contributed by atoms with Gasteiger partial charge in [-0.05, 0) is 105 Å². The monoisotopic (exact) mass is 655 g/mol. The standard InChI is InChI=1S/C34H42ClN3O6S/c1-4-6-8-22(3)45(42,43)37-32(39)24-11-15-31-30(18-24)38(19-25-10-13-27(25)29(5-2)36-33(40)41)20-34(21-44-31)16-7-9-23-17-26(35)12-14-28(23)34/h4-5,11-12,14-15,17-18,22,25,27,29,36H,1-2,6-10,13,16,19-21H2,3H3,(H,37,39)(H,40,41)/t22-,25+,27-,29+,34+/m1/s1. The van der Waals surface area contributed by atoms with Crippen molar-refractivity contribution in [1.29, 1.82) is 0 Å². The number of amides is 2. The second-order valence-corrected chi connectivity index (χ2v) is 15.2. The average Bonchev–Trinajstić information content (AvgIpc) is 3.13. The van der Waals surface area contributed by atoms with E-state index in [0.29, 0.717) is 49.0 Å². The molecule has 0 aromatic heterocycles. The number of nitrogens with zero attached hydrogens (tertiary/aromatic N) is 1. The van der Waals surface area contributed by atoms with Crippen LogP contribution in [0.3, 0.4) is 0 Å². The van der Waals surface area contributed by atoms with Crippen LogP contribution in [0.5, 0.6) is 5.75 Å². The number of carbonyl (C=O) groups is 2. The van der Waals surface area contributed by atoms with Gasteiger partial charge in [0.1, 0.15) is 5.75 Å². The van der Waals surface area contributed by atoms with E-state index in [2.05, 4.69) is 34.2 Å². The first kappa shape index (κ1) is 32.9.